The molecule has 0 aromatic heterocycles. The van der Waals surface area contributed by atoms with Gasteiger partial charge in [-0.1, -0.05) is 6.07 Å². The van der Waals surface area contributed by atoms with Gasteiger partial charge >= 0.3 is 0 Å². The van der Waals surface area contributed by atoms with Crippen LogP contribution in [0.1, 0.15) is 19.4 Å². The van der Waals surface area contributed by atoms with Crippen molar-refractivity contribution in [3.8, 4) is 6.07 Å². The number of anilines is 2. The molecule has 0 atom stereocenters. The number of para-hydroxylation sites is 1. The molecule has 0 saturated carbocycles. The monoisotopic (exact) mass is 247 g/mol. The molecule has 0 bridgehead atoms. The van der Waals surface area contributed by atoms with Gasteiger partial charge in [0, 0.05) is 23.6 Å². The second-order valence-electron chi connectivity index (χ2n) is 4.88. The zero-order chi connectivity index (χ0) is 12.5. The van der Waals surface area contributed by atoms with Gasteiger partial charge in [0.15, 0.2) is 0 Å². The third-order valence-electron chi connectivity index (χ3n) is 2.97. The van der Waals surface area contributed by atoms with Gasteiger partial charge in [-0.3, -0.25) is 0 Å². The Morgan fingerprint density at radius 3 is 2.88 bits per heavy atom. The maximum atomic E-state index is 8.99. The van der Waals surface area contributed by atoms with E-state index in [1.807, 2.05) is 23.9 Å². The first-order valence-corrected chi connectivity index (χ1v) is 6.69. The van der Waals surface area contributed by atoms with E-state index in [1.165, 1.54) is 0 Å². The van der Waals surface area contributed by atoms with Gasteiger partial charge in [-0.25, -0.2) is 0 Å². The lowest BCUT2D eigenvalue weighted by molar-refractivity contribution is 0.648. The normalized spacial score (nSPS) is 18.8. The van der Waals surface area contributed by atoms with Crippen molar-refractivity contribution >= 4 is 23.1 Å². The molecule has 17 heavy (non-hydrogen) atoms. The molecule has 90 valence electrons. The summed E-state index contributed by atoms with van der Waals surface area (Å²) in [6, 6.07) is 7.81. The first-order chi connectivity index (χ1) is 8.03. The topological polar surface area (TPSA) is 53.0 Å². The Bertz CT molecular complexity index is 462. The van der Waals surface area contributed by atoms with Crippen LogP contribution in [0.4, 0.5) is 11.4 Å². The van der Waals surface area contributed by atoms with Crippen molar-refractivity contribution in [3.63, 3.8) is 0 Å². The van der Waals surface area contributed by atoms with Crippen LogP contribution in [0.2, 0.25) is 0 Å². The first-order valence-electron chi connectivity index (χ1n) is 5.71. The Balaban J connectivity index is 2.32. The van der Waals surface area contributed by atoms with E-state index in [0.717, 1.165) is 24.5 Å². The van der Waals surface area contributed by atoms with E-state index in [2.05, 4.69) is 24.8 Å². The number of hydrogen-bond acceptors (Lipinski definition) is 4. The average molecular weight is 247 g/mol. The molecule has 1 aromatic rings. The quantitative estimate of drug-likeness (QED) is 0.775. The fourth-order valence-corrected chi connectivity index (χ4v) is 3.26. The van der Waals surface area contributed by atoms with Crippen molar-refractivity contribution < 1.29 is 0 Å². The minimum Gasteiger partial charge on any atom is -0.396 e. The third kappa shape index (κ3) is 2.50. The predicted octanol–water partition coefficient (Wildman–Crippen LogP) is 2.47. The van der Waals surface area contributed by atoms with Crippen molar-refractivity contribution in [1.29, 1.82) is 5.26 Å². The highest BCUT2D eigenvalue weighted by molar-refractivity contribution is 8.00. The highest BCUT2D eigenvalue weighted by Crippen LogP contribution is 2.35. The van der Waals surface area contributed by atoms with Gasteiger partial charge < -0.3 is 10.6 Å². The molecule has 1 aromatic carbocycles. The van der Waals surface area contributed by atoms with Crippen molar-refractivity contribution in [2.75, 3.05) is 29.5 Å². The summed E-state index contributed by atoms with van der Waals surface area (Å²) in [6.45, 7) is 6.45. The first kappa shape index (κ1) is 12.1. The van der Waals surface area contributed by atoms with E-state index in [-0.39, 0.29) is 4.75 Å². The number of nitrogens with zero attached hydrogens (tertiary/aromatic N) is 2. The van der Waals surface area contributed by atoms with Crippen LogP contribution in [0.25, 0.3) is 0 Å². The summed E-state index contributed by atoms with van der Waals surface area (Å²) in [4.78, 5) is 2.28. The molecule has 0 radical (unpaired) electrons. The van der Waals surface area contributed by atoms with Gasteiger partial charge in [-0.05, 0) is 26.0 Å². The van der Waals surface area contributed by atoms with Gasteiger partial charge in [0.05, 0.1) is 16.9 Å². The van der Waals surface area contributed by atoms with Crippen LogP contribution < -0.4 is 10.6 Å². The van der Waals surface area contributed by atoms with Crippen LogP contribution >= 0.6 is 11.8 Å². The van der Waals surface area contributed by atoms with E-state index in [4.69, 9.17) is 11.0 Å². The number of hydrogen-bond donors (Lipinski definition) is 1. The fraction of sp³-hybridized carbons (Fsp3) is 0.462. The number of nitrogen functional groups attached to an aromatic ring is 1. The maximum Gasteiger partial charge on any atom is 0.101 e. The van der Waals surface area contributed by atoms with Crippen molar-refractivity contribution in [2.45, 2.75) is 18.6 Å². The standard InChI is InChI=1S/C13H17N3S/c1-13(2)9-16(6-7-17-13)11-5-3-4-10(8-14)12(11)15/h3-5H,6-7,9,15H2,1-2H3. The number of benzene rings is 1. The lowest BCUT2D eigenvalue weighted by atomic mass is 10.1. The Labute approximate surface area is 107 Å². The highest BCUT2D eigenvalue weighted by Gasteiger charge is 2.28. The molecule has 1 aliphatic heterocycles. The predicted molar refractivity (Wildman–Crippen MR) is 74.3 cm³/mol. The van der Waals surface area contributed by atoms with Gasteiger partial charge in [0.1, 0.15) is 6.07 Å². The average Bonchev–Trinajstić information content (AvgIpc) is 2.28. The molecule has 4 heteroatoms. The van der Waals surface area contributed by atoms with E-state index in [0.29, 0.717) is 11.3 Å². The Morgan fingerprint density at radius 2 is 2.24 bits per heavy atom. The van der Waals surface area contributed by atoms with Crippen LogP contribution in [0.15, 0.2) is 18.2 Å². The van der Waals surface area contributed by atoms with E-state index in [1.54, 1.807) is 6.07 Å². The molecule has 2 N–H and O–H groups in total. The van der Waals surface area contributed by atoms with Gasteiger partial charge in [0.2, 0.25) is 0 Å². The molecule has 1 aliphatic rings. The summed E-state index contributed by atoms with van der Waals surface area (Å²) in [5.74, 6) is 1.10. The molecule has 1 heterocycles. The van der Waals surface area contributed by atoms with Crippen LogP contribution in [0.5, 0.6) is 0 Å². The summed E-state index contributed by atoms with van der Waals surface area (Å²) in [7, 11) is 0. The molecule has 1 fully saturated rings. The van der Waals surface area contributed by atoms with Crippen molar-refractivity contribution in [1.82, 2.24) is 0 Å². The summed E-state index contributed by atoms with van der Waals surface area (Å²) >= 11 is 1.99. The SMILES string of the molecule is CC1(C)CN(c2cccc(C#N)c2N)CCS1. The van der Waals surface area contributed by atoms with E-state index >= 15 is 0 Å². The van der Waals surface area contributed by atoms with Crippen LogP contribution in [-0.2, 0) is 0 Å². The second-order valence-corrected chi connectivity index (χ2v) is 6.68. The summed E-state index contributed by atoms with van der Waals surface area (Å²) < 4.78 is 0.243. The summed E-state index contributed by atoms with van der Waals surface area (Å²) in [5.41, 5.74) is 8.22. The molecule has 0 spiro atoms. The number of thioether (sulfide) groups is 1. The Hall–Kier alpha value is -1.34. The second kappa shape index (κ2) is 4.50. The molecule has 1 saturated heterocycles. The zero-order valence-corrected chi connectivity index (χ0v) is 11.0. The van der Waals surface area contributed by atoms with Gasteiger partial charge in [0.25, 0.3) is 0 Å². The Kier molecular flexibility index (Phi) is 3.21. The Morgan fingerprint density at radius 1 is 1.47 bits per heavy atom. The lowest BCUT2D eigenvalue weighted by Gasteiger charge is -2.39. The molecule has 0 amide bonds. The molecule has 3 nitrogen and oxygen atoms in total. The third-order valence-corrected chi connectivity index (χ3v) is 4.27. The largest absolute Gasteiger partial charge is 0.396 e. The maximum absolute atomic E-state index is 8.99. The van der Waals surface area contributed by atoms with E-state index in [9.17, 15) is 0 Å². The summed E-state index contributed by atoms with van der Waals surface area (Å²) in [6.07, 6.45) is 0. The minimum atomic E-state index is 0.243. The molecule has 0 aliphatic carbocycles. The van der Waals surface area contributed by atoms with Crippen LogP contribution in [-0.4, -0.2) is 23.6 Å². The van der Waals surface area contributed by atoms with Crippen LogP contribution in [0, 0.1) is 11.3 Å². The highest BCUT2D eigenvalue weighted by atomic mass is 32.2. The van der Waals surface area contributed by atoms with E-state index < -0.39 is 0 Å². The number of nitrogens with two attached hydrogens (primary N) is 1. The van der Waals surface area contributed by atoms with Crippen LogP contribution in [0.3, 0.4) is 0 Å². The number of rotatable bonds is 1. The fourth-order valence-electron chi connectivity index (χ4n) is 2.15. The minimum absolute atomic E-state index is 0.243. The molecule has 0 unspecified atom stereocenters. The lowest BCUT2D eigenvalue weighted by Crippen LogP contribution is -2.43. The molecular weight excluding hydrogens is 230 g/mol. The van der Waals surface area contributed by atoms with Crippen molar-refractivity contribution in [2.24, 2.45) is 0 Å². The molecule has 2 rings (SSSR count). The summed E-state index contributed by atoms with van der Waals surface area (Å²) in [5, 5.41) is 8.99. The van der Waals surface area contributed by atoms with Crippen molar-refractivity contribution in [3.05, 3.63) is 23.8 Å². The van der Waals surface area contributed by atoms with Gasteiger partial charge in [-0.2, -0.15) is 17.0 Å². The smallest absolute Gasteiger partial charge is 0.101 e. The van der Waals surface area contributed by atoms with Gasteiger partial charge in [-0.15, -0.1) is 0 Å². The molecular formula is C13H17N3S. The zero-order valence-electron chi connectivity index (χ0n) is 10.2. The number of nitriles is 1.